The van der Waals surface area contributed by atoms with E-state index in [0.29, 0.717) is 12.3 Å². The van der Waals surface area contributed by atoms with Crippen LogP contribution in [-0.2, 0) is 16.1 Å². The van der Waals surface area contributed by atoms with Gasteiger partial charge in [-0.15, -0.1) is 10.2 Å². The number of hydrogen-bond donors (Lipinski definition) is 0. The Hall–Kier alpha value is -3.54. The van der Waals surface area contributed by atoms with E-state index in [4.69, 9.17) is 4.74 Å². The average molecular weight is 372 g/mol. The van der Waals surface area contributed by atoms with Gasteiger partial charge < -0.3 is 4.74 Å². The van der Waals surface area contributed by atoms with Crippen molar-refractivity contribution in [1.82, 2.24) is 20.0 Å². The van der Waals surface area contributed by atoms with E-state index in [1.54, 1.807) is 11.6 Å². The fourth-order valence-corrected chi connectivity index (χ4v) is 3.35. The summed E-state index contributed by atoms with van der Waals surface area (Å²) >= 11 is 0. The van der Waals surface area contributed by atoms with Gasteiger partial charge in [-0.25, -0.2) is 4.68 Å². The summed E-state index contributed by atoms with van der Waals surface area (Å²) in [5.41, 5.74) is 5.13. The minimum Gasteiger partial charge on any atom is -0.465 e. The molecule has 0 radical (unpaired) electrons. The van der Waals surface area contributed by atoms with E-state index >= 15 is 0 Å². The molecule has 2 aromatic carbocycles. The van der Waals surface area contributed by atoms with Gasteiger partial charge >= 0.3 is 5.97 Å². The van der Waals surface area contributed by atoms with Gasteiger partial charge in [0.1, 0.15) is 12.2 Å². The molecule has 0 unspecified atom stereocenters. The number of aryl methyl sites for hydroxylation is 1. The van der Waals surface area contributed by atoms with Crippen molar-refractivity contribution in [1.29, 1.82) is 0 Å². The summed E-state index contributed by atoms with van der Waals surface area (Å²) in [7, 11) is 0. The maximum Gasteiger partial charge on any atom is 0.327 e. The third kappa shape index (κ3) is 3.24. The molecule has 28 heavy (non-hydrogen) atoms. The van der Waals surface area contributed by atoms with Crippen molar-refractivity contribution in [3.05, 3.63) is 66.4 Å². The molecule has 4 aromatic rings. The third-order valence-electron chi connectivity index (χ3n) is 4.53. The van der Waals surface area contributed by atoms with Gasteiger partial charge in [-0.05, 0) is 19.4 Å². The highest BCUT2D eigenvalue weighted by atomic mass is 16.5. The molecule has 0 spiro atoms. The molecule has 0 saturated carbocycles. The van der Waals surface area contributed by atoms with Crippen molar-refractivity contribution in [2.75, 3.05) is 6.61 Å². The number of rotatable bonds is 5. The Morgan fingerprint density at radius 1 is 0.964 bits per heavy atom. The van der Waals surface area contributed by atoms with Crippen LogP contribution in [0.1, 0.15) is 12.6 Å². The Balaban J connectivity index is 1.97. The summed E-state index contributed by atoms with van der Waals surface area (Å²) in [5, 5.41) is 14.4. The number of esters is 1. The zero-order valence-electron chi connectivity index (χ0n) is 15.8. The standard InChI is InChI=1S/C22H20N4O2/c1-3-28-18(27)14-26-22-19(15(2)25-26)20(16-10-6-4-7-11-16)21(23-24-22)17-12-8-5-9-13-17/h4-13H,3,14H2,1-2H3. The predicted molar refractivity (Wildman–Crippen MR) is 108 cm³/mol. The minimum absolute atomic E-state index is 0.00573. The van der Waals surface area contributed by atoms with Crippen LogP contribution in [0, 0.1) is 6.92 Å². The molecule has 6 heteroatoms. The van der Waals surface area contributed by atoms with Gasteiger partial charge in [0.15, 0.2) is 5.65 Å². The van der Waals surface area contributed by atoms with Crippen molar-refractivity contribution in [3.8, 4) is 22.4 Å². The van der Waals surface area contributed by atoms with Crippen LogP contribution in [-0.4, -0.2) is 32.6 Å². The van der Waals surface area contributed by atoms with Gasteiger partial charge in [0.05, 0.1) is 17.7 Å². The zero-order chi connectivity index (χ0) is 19.5. The molecule has 0 N–H and O–H groups in total. The molecule has 0 bridgehead atoms. The van der Waals surface area contributed by atoms with Crippen LogP contribution in [0.2, 0.25) is 0 Å². The highest BCUT2D eigenvalue weighted by Crippen LogP contribution is 2.36. The van der Waals surface area contributed by atoms with E-state index in [1.807, 2.05) is 67.6 Å². The highest BCUT2D eigenvalue weighted by Gasteiger charge is 2.21. The lowest BCUT2D eigenvalue weighted by Crippen LogP contribution is -2.15. The largest absolute Gasteiger partial charge is 0.465 e. The number of ether oxygens (including phenoxy) is 1. The van der Waals surface area contributed by atoms with E-state index in [9.17, 15) is 4.79 Å². The Morgan fingerprint density at radius 2 is 1.61 bits per heavy atom. The number of aromatic nitrogens is 4. The first-order valence-electron chi connectivity index (χ1n) is 9.19. The maximum absolute atomic E-state index is 12.0. The summed E-state index contributed by atoms with van der Waals surface area (Å²) in [6.07, 6.45) is 0. The summed E-state index contributed by atoms with van der Waals surface area (Å²) < 4.78 is 6.63. The lowest BCUT2D eigenvalue weighted by atomic mass is 9.96. The molecular weight excluding hydrogens is 352 g/mol. The molecule has 4 rings (SSSR count). The zero-order valence-corrected chi connectivity index (χ0v) is 15.8. The van der Waals surface area contributed by atoms with Gasteiger partial charge in [-0.1, -0.05) is 60.7 Å². The third-order valence-corrected chi connectivity index (χ3v) is 4.53. The Kier molecular flexibility index (Phi) is 4.85. The van der Waals surface area contributed by atoms with Gasteiger partial charge in [0.25, 0.3) is 0 Å². The second-order valence-corrected chi connectivity index (χ2v) is 6.40. The number of benzene rings is 2. The van der Waals surface area contributed by atoms with E-state index in [0.717, 1.165) is 33.5 Å². The smallest absolute Gasteiger partial charge is 0.327 e. The molecule has 0 aliphatic carbocycles. The van der Waals surface area contributed by atoms with Crippen LogP contribution in [0.25, 0.3) is 33.4 Å². The first kappa shape index (κ1) is 17.9. The van der Waals surface area contributed by atoms with Gasteiger partial charge in [0, 0.05) is 11.1 Å². The highest BCUT2D eigenvalue weighted by molar-refractivity contribution is 6.01. The number of fused-ring (bicyclic) bond motifs is 1. The fourth-order valence-electron chi connectivity index (χ4n) is 3.35. The molecule has 6 nitrogen and oxygen atoms in total. The van der Waals surface area contributed by atoms with Crippen LogP contribution in [0.5, 0.6) is 0 Å². The van der Waals surface area contributed by atoms with Crippen molar-refractivity contribution in [3.63, 3.8) is 0 Å². The van der Waals surface area contributed by atoms with Crippen LogP contribution in [0.3, 0.4) is 0 Å². The molecular formula is C22H20N4O2. The number of carbonyl (C=O) groups excluding carboxylic acids is 1. The normalized spacial score (nSPS) is 10.9. The maximum atomic E-state index is 12.0. The molecule has 0 fully saturated rings. The number of carbonyl (C=O) groups is 1. The van der Waals surface area contributed by atoms with Gasteiger partial charge in [-0.3, -0.25) is 4.79 Å². The summed E-state index contributed by atoms with van der Waals surface area (Å²) in [4.78, 5) is 12.0. The molecule has 0 saturated heterocycles. The van der Waals surface area contributed by atoms with Crippen LogP contribution < -0.4 is 0 Å². The van der Waals surface area contributed by atoms with E-state index in [2.05, 4.69) is 15.3 Å². The van der Waals surface area contributed by atoms with Crippen molar-refractivity contribution in [2.24, 2.45) is 0 Å². The molecule has 0 aliphatic rings. The van der Waals surface area contributed by atoms with Crippen molar-refractivity contribution < 1.29 is 9.53 Å². The van der Waals surface area contributed by atoms with E-state index in [1.165, 1.54) is 0 Å². The molecule has 2 heterocycles. The van der Waals surface area contributed by atoms with Gasteiger partial charge in [0.2, 0.25) is 0 Å². The first-order chi connectivity index (χ1) is 13.7. The Morgan fingerprint density at radius 3 is 2.25 bits per heavy atom. The van der Waals surface area contributed by atoms with Crippen LogP contribution in [0.15, 0.2) is 60.7 Å². The second-order valence-electron chi connectivity index (χ2n) is 6.40. The van der Waals surface area contributed by atoms with E-state index < -0.39 is 0 Å². The topological polar surface area (TPSA) is 69.9 Å². The molecule has 140 valence electrons. The van der Waals surface area contributed by atoms with Crippen molar-refractivity contribution in [2.45, 2.75) is 20.4 Å². The monoisotopic (exact) mass is 372 g/mol. The second kappa shape index (κ2) is 7.60. The number of hydrogen-bond acceptors (Lipinski definition) is 5. The fraction of sp³-hybridized carbons (Fsp3) is 0.182. The van der Waals surface area contributed by atoms with Crippen molar-refractivity contribution >= 4 is 17.0 Å². The van der Waals surface area contributed by atoms with Crippen LogP contribution in [0.4, 0.5) is 0 Å². The van der Waals surface area contributed by atoms with Crippen LogP contribution >= 0.6 is 0 Å². The molecule has 0 amide bonds. The molecule has 2 aromatic heterocycles. The Labute approximate surface area is 162 Å². The molecule has 0 aliphatic heterocycles. The lowest BCUT2D eigenvalue weighted by molar-refractivity contribution is -0.143. The SMILES string of the molecule is CCOC(=O)Cn1nc(C)c2c(-c3ccccc3)c(-c3ccccc3)nnc21. The molecule has 0 atom stereocenters. The predicted octanol–water partition coefficient (Wildman–Crippen LogP) is 4.03. The summed E-state index contributed by atoms with van der Waals surface area (Å²) in [5.74, 6) is -0.345. The number of nitrogens with zero attached hydrogens (tertiary/aromatic N) is 4. The Bertz CT molecular complexity index is 1120. The average Bonchev–Trinajstić information content (AvgIpc) is 3.04. The quantitative estimate of drug-likeness (QED) is 0.495. The minimum atomic E-state index is -0.345. The first-order valence-corrected chi connectivity index (χ1v) is 9.19. The summed E-state index contributed by atoms with van der Waals surface area (Å²) in [6, 6.07) is 20.0. The lowest BCUT2D eigenvalue weighted by Gasteiger charge is -2.11. The van der Waals surface area contributed by atoms with E-state index in [-0.39, 0.29) is 12.5 Å². The summed E-state index contributed by atoms with van der Waals surface area (Å²) in [6.45, 7) is 4.04. The van der Waals surface area contributed by atoms with Gasteiger partial charge in [-0.2, -0.15) is 5.10 Å².